The molecule has 0 aromatic heterocycles. The smallest absolute Gasteiger partial charge is 0.231 e. The SMILES string of the molecule is CC(=O)N1CCc2cc(NC(=O)C3(CN)CCCC3)ccc21.Cl. The maximum Gasteiger partial charge on any atom is 0.231 e. The lowest BCUT2D eigenvalue weighted by Crippen LogP contribution is -2.40. The second-order valence-corrected chi connectivity index (χ2v) is 6.41. The lowest BCUT2D eigenvalue weighted by atomic mass is 9.85. The fourth-order valence-corrected chi connectivity index (χ4v) is 3.65. The van der Waals surface area contributed by atoms with Gasteiger partial charge in [-0.25, -0.2) is 0 Å². The summed E-state index contributed by atoms with van der Waals surface area (Å²) in [5.74, 6) is 0.0949. The zero-order chi connectivity index (χ0) is 15.7. The highest BCUT2D eigenvalue weighted by Gasteiger charge is 2.39. The number of anilines is 2. The fraction of sp³-hybridized carbons (Fsp3) is 0.529. The molecule has 2 aliphatic rings. The maximum absolute atomic E-state index is 12.6. The minimum atomic E-state index is -0.398. The highest BCUT2D eigenvalue weighted by Crippen LogP contribution is 2.38. The summed E-state index contributed by atoms with van der Waals surface area (Å²) < 4.78 is 0. The van der Waals surface area contributed by atoms with Gasteiger partial charge in [0.2, 0.25) is 11.8 Å². The minimum Gasteiger partial charge on any atom is -0.329 e. The van der Waals surface area contributed by atoms with E-state index < -0.39 is 5.41 Å². The molecule has 0 spiro atoms. The summed E-state index contributed by atoms with van der Waals surface area (Å²) in [4.78, 5) is 25.9. The zero-order valence-corrected chi connectivity index (χ0v) is 14.2. The van der Waals surface area contributed by atoms with Gasteiger partial charge in [0, 0.05) is 31.4 Å². The Morgan fingerprint density at radius 3 is 2.61 bits per heavy atom. The van der Waals surface area contributed by atoms with Crippen LogP contribution in [-0.4, -0.2) is 24.9 Å². The van der Waals surface area contributed by atoms with Crippen molar-refractivity contribution in [2.24, 2.45) is 11.1 Å². The molecule has 0 bridgehead atoms. The normalized spacial score (nSPS) is 18.3. The average Bonchev–Trinajstić information content (AvgIpc) is 3.14. The van der Waals surface area contributed by atoms with Gasteiger partial charge in [0.05, 0.1) is 5.41 Å². The van der Waals surface area contributed by atoms with Crippen molar-refractivity contribution in [2.45, 2.75) is 39.0 Å². The molecule has 1 aromatic carbocycles. The number of nitrogens with one attached hydrogen (secondary N) is 1. The van der Waals surface area contributed by atoms with Gasteiger partial charge in [0.25, 0.3) is 0 Å². The first-order valence-corrected chi connectivity index (χ1v) is 7.98. The van der Waals surface area contributed by atoms with Crippen molar-refractivity contribution < 1.29 is 9.59 Å². The van der Waals surface area contributed by atoms with Gasteiger partial charge in [-0.15, -0.1) is 12.4 Å². The van der Waals surface area contributed by atoms with E-state index in [1.807, 2.05) is 18.2 Å². The molecule has 0 radical (unpaired) electrons. The van der Waals surface area contributed by atoms with Crippen molar-refractivity contribution in [1.82, 2.24) is 0 Å². The molecular formula is C17H24ClN3O2. The van der Waals surface area contributed by atoms with Crippen LogP contribution < -0.4 is 16.0 Å². The fourth-order valence-electron chi connectivity index (χ4n) is 3.65. The first-order valence-electron chi connectivity index (χ1n) is 7.98. The van der Waals surface area contributed by atoms with Crippen LogP contribution in [0.15, 0.2) is 18.2 Å². The molecule has 3 rings (SSSR count). The van der Waals surface area contributed by atoms with Gasteiger partial charge >= 0.3 is 0 Å². The number of hydrogen-bond donors (Lipinski definition) is 2. The molecule has 1 heterocycles. The summed E-state index contributed by atoms with van der Waals surface area (Å²) in [5, 5.41) is 3.03. The molecule has 3 N–H and O–H groups in total. The molecular weight excluding hydrogens is 314 g/mol. The molecule has 2 amide bonds. The third-order valence-electron chi connectivity index (χ3n) is 5.05. The Labute approximate surface area is 143 Å². The Kier molecular flexibility index (Phi) is 5.32. The number of fused-ring (bicyclic) bond motifs is 1. The Balaban J connectivity index is 0.00000192. The largest absolute Gasteiger partial charge is 0.329 e. The Morgan fingerprint density at radius 2 is 2.00 bits per heavy atom. The number of nitrogens with two attached hydrogens (primary N) is 1. The number of amides is 2. The summed E-state index contributed by atoms with van der Waals surface area (Å²) in [6.07, 6.45) is 4.72. The van der Waals surface area contributed by atoms with Crippen LogP contribution in [0.25, 0.3) is 0 Å². The predicted molar refractivity (Wildman–Crippen MR) is 94.0 cm³/mol. The predicted octanol–water partition coefficient (Wildman–Crippen LogP) is 2.48. The molecule has 1 aliphatic heterocycles. The highest BCUT2D eigenvalue weighted by molar-refractivity contribution is 5.97. The molecule has 1 aliphatic carbocycles. The molecule has 23 heavy (non-hydrogen) atoms. The van der Waals surface area contributed by atoms with Gasteiger partial charge in [0.15, 0.2) is 0 Å². The molecule has 0 unspecified atom stereocenters. The minimum absolute atomic E-state index is 0. The quantitative estimate of drug-likeness (QED) is 0.889. The van der Waals surface area contributed by atoms with E-state index in [9.17, 15) is 9.59 Å². The number of halogens is 1. The van der Waals surface area contributed by atoms with Gasteiger partial charge in [-0.2, -0.15) is 0 Å². The third kappa shape index (κ3) is 3.21. The topological polar surface area (TPSA) is 75.4 Å². The average molecular weight is 338 g/mol. The van der Waals surface area contributed by atoms with Gasteiger partial charge in [0.1, 0.15) is 0 Å². The van der Waals surface area contributed by atoms with Crippen molar-refractivity contribution in [2.75, 3.05) is 23.3 Å². The molecule has 1 aromatic rings. The van der Waals surface area contributed by atoms with E-state index in [1.54, 1.807) is 11.8 Å². The van der Waals surface area contributed by atoms with Crippen molar-refractivity contribution >= 4 is 35.6 Å². The van der Waals surface area contributed by atoms with Crippen LogP contribution >= 0.6 is 12.4 Å². The second-order valence-electron chi connectivity index (χ2n) is 6.41. The molecule has 126 valence electrons. The Morgan fingerprint density at radius 1 is 1.30 bits per heavy atom. The molecule has 0 saturated heterocycles. The molecule has 5 nitrogen and oxygen atoms in total. The summed E-state index contributed by atoms with van der Waals surface area (Å²) in [6.45, 7) is 2.70. The zero-order valence-electron chi connectivity index (χ0n) is 13.4. The number of rotatable bonds is 3. The van der Waals surface area contributed by atoms with Crippen molar-refractivity contribution in [1.29, 1.82) is 0 Å². The first kappa shape index (κ1) is 17.8. The van der Waals surface area contributed by atoms with Crippen LogP contribution in [0.5, 0.6) is 0 Å². The summed E-state index contributed by atoms with van der Waals surface area (Å²) in [5.41, 5.74) is 8.33. The van der Waals surface area contributed by atoms with E-state index >= 15 is 0 Å². The summed E-state index contributed by atoms with van der Waals surface area (Å²) in [7, 11) is 0. The summed E-state index contributed by atoms with van der Waals surface area (Å²) in [6, 6.07) is 5.77. The first-order chi connectivity index (χ1) is 10.6. The maximum atomic E-state index is 12.6. The standard InChI is InChI=1S/C17H23N3O2.ClH/c1-12(21)20-9-6-13-10-14(4-5-15(13)20)19-16(22)17(11-18)7-2-3-8-17;/h4-5,10H,2-3,6-9,11,18H2,1H3,(H,19,22);1H. The highest BCUT2D eigenvalue weighted by atomic mass is 35.5. The van der Waals surface area contributed by atoms with E-state index in [4.69, 9.17) is 5.73 Å². The number of hydrogen-bond acceptors (Lipinski definition) is 3. The molecule has 6 heteroatoms. The lowest BCUT2D eigenvalue weighted by molar-refractivity contribution is -0.124. The van der Waals surface area contributed by atoms with Gasteiger partial charge in [-0.05, 0) is 43.0 Å². The van der Waals surface area contributed by atoms with E-state index in [0.717, 1.165) is 55.6 Å². The Bertz CT molecular complexity index is 612. The molecule has 1 saturated carbocycles. The van der Waals surface area contributed by atoms with Crippen LogP contribution in [0.1, 0.15) is 38.2 Å². The van der Waals surface area contributed by atoms with Crippen LogP contribution in [-0.2, 0) is 16.0 Å². The number of nitrogens with zero attached hydrogens (tertiary/aromatic N) is 1. The monoisotopic (exact) mass is 337 g/mol. The van der Waals surface area contributed by atoms with Crippen LogP contribution in [0, 0.1) is 5.41 Å². The second kappa shape index (κ2) is 6.89. The number of benzene rings is 1. The van der Waals surface area contributed by atoms with Crippen LogP contribution in [0.2, 0.25) is 0 Å². The van der Waals surface area contributed by atoms with Crippen molar-refractivity contribution in [3.63, 3.8) is 0 Å². The summed E-state index contributed by atoms with van der Waals surface area (Å²) >= 11 is 0. The molecule has 0 atom stereocenters. The van der Waals surface area contributed by atoms with Crippen molar-refractivity contribution in [3.8, 4) is 0 Å². The van der Waals surface area contributed by atoms with Gasteiger partial charge in [-0.3, -0.25) is 9.59 Å². The van der Waals surface area contributed by atoms with Crippen molar-refractivity contribution in [3.05, 3.63) is 23.8 Å². The lowest BCUT2D eigenvalue weighted by Gasteiger charge is -2.26. The third-order valence-corrected chi connectivity index (χ3v) is 5.05. The van der Waals surface area contributed by atoms with Gasteiger partial charge in [-0.1, -0.05) is 12.8 Å². The molecule has 1 fully saturated rings. The number of carbonyl (C=O) groups is 2. The van der Waals surface area contributed by atoms with E-state index in [2.05, 4.69) is 5.32 Å². The van der Waals surface area contributed by atoms with E-state index in [-0.39, 0.29) is 24.2 Å². The van der Waals surface area contributed by atoms with E-state index in [1.165, 1.54) is 0 Å². The van der Waals surface area contributed by atoms with Crippen LogP contribution in [0.4, 0.5) is 11.4 Å². The van der Waals surface area contributed by atoms with Crippen LogP contribution in [0.3, 0.4) is 0 Å². The Hall–Kier alpha value is -1.59. The van der Waals surface area contributed by atoms with E-state index in [0.29, 0.717) is 6.54 Å². The number of carbonyl (C=O) groups excluding carboxylic acids is 2. The van der Waals surface area contributed by atoms with Gasteiger partial charge < -0.3 is 16.0 Å².